The first-order valence-corrected chi connectivity index (χ1v) is 19.6. The molecule has 20 heteroatoms. The van der Waals surface area contributed by atoms with E-state index in [-0.39, 0.29) is 25.9 Å². The van der Waals surface area contributed by atoms with E-state index in [4.69, 9.17) is 74.3 Å². The Labute approximate surface area is 317 Å². The minimum absolute atomic E-state index is 0.0539. The highest BCUT2D eigenvalue weighted by molar-refractivity contribution is 5.02. The molecule has 0 radical (unpaired) electrons. The van der Waals surface area contributed by atoms with E-state index >= 15 is 0 Å². The molecule has 2 saturated carbocycles. The van der Waals surface area contributed by atoms with Crippen molar-refractivity contribution in [2.24, 2.45) is 45.9 Å². The Hall–Kier alpha value is -0.800. The number of hydrogen-bond donors (Lipinski definition) is 14. The lowest BCUT2D eigenvalue weighted by molar-refractivity contribution is -0.291. The molecule has 0 unspecified atom stereocenters. The molecule has 4 aliphatic rings. The normalized spacial score (nSPS) is 46.1. The van der Waals surface area contributed by atoms with E-state index in [2.05, 4.69) is 0 Å². The summed E-state index contributed by atoms with van der Waals surface area (Å²) in [5.41, 5.74) is 48.6. The van der Waals surface area contributed by atoms with Crippen LogP contribution in [-0.4, -0.2) is 179 Å². The molecule has 0 aromatic rings. The van der Waals surface area contributed by atoms with Crippen LogP contribution in [0.25, 0.3) is 0 Å². The molecule has 20 nitrogen and oxygen atoms in total. The summed E-state index contributed by atoms with van der Waals surface area (Å²) in [6.07, 6.45) is -6.64. The molecule has 22 N–H and O–H groups in total. The summed E-state index contributed by atoms with van der Waals surface area (Å²) >= 11 is 0. The molecule has 54 heavy (non-hydrogen) atoms. The number of rotatable bonds is 19. The highest BCUT2D eigenvalue weighted by atomic mass is 16.7. The van der Waals surface area contributed by atoms with Crippen LogP contribution >= 0.6 is 0 Å². The predicted molar refractivity (Wildman–Crippen MR) is 195 cm³/mol. The van der Waals surface area contributed by atoms with E-state index in [1.165, 1.54) is 0 Å². The monoisotopic (exact) mass is 783 g/mol. The zero-order valence-electron chi connectivity index (χ0n) is 31.2. The number of aliphatic hydroxyl groups is 6. The zero-order valence-corrected chi connectivity index (χ0v) is 31.2. The van der Waals surface area contributed by atoms with Gasteiger partial charge in [0.15, 0.2) is 12.6 Å². The van der Waals surface area contributed by atoms with Crippen LogP contribution in [0.2, 0.25) is 0 Å². The second-order valence-corrected chi connectivity index (χ2v) is 15.5. The van der Waals surface area contributed by atoms with Gasteiger partial charge in [0.2, 0.25) is 0 Å². The van der Waals surface area contributed by atoms with Crippen molar-refractivity contribution in [2.75, 3.05) is 26.3 Å². The summed E-state index contributed by atoms with van der Waals surface area (Å²) < 4.78 is 35.8. The third-order valence-corrected chi connectivity index (χ3v) is 11.3. The van der Waals surface area contributed by atoms with Gasteiger partial charge in [-0.25, -0.2) is 0 Å². The molecule has 0 aromatic carbocycles. The van der Waals surface area contributed by atoms with Crippen molar-refractivity contribution in [3.05, 3.63) is 0 Å². The molecule has 2 saturated heterocycles. The first-order valence-electron chi connectivity index (χ1n) is 19.6. The van der Waals surface area contributed by atoms with Gasteiger partial charge < -0.3 is 105 Å². The van der Waals surface area contributed by atoms with Crippen molar-refractivity contribution >= 4 is 0 Å². The lowest BCUT2D eigenvalue weighted by atomic mass is 9.84. The van der Waals surface area contributed by atoms with Gasteiger partial charge in [0.1, 0.15) is 61.0 Å². The highest BCUT2D eigenvalue weighted by Gasteiger charge is 2.50. The van der Waals surface area contributed by atoms with E-state index in [9.17, 15) is 30.6 Å². The number of nitrogens with two attached hydrogens (primary N) is 8. The highest BCUT2D eigenvalue weighted by Crippen LogP contribution is 2.30. The van der Waals surface area contributed by atoms with E-state index in [1.54, 1.807) is 0 Å². The first-order chi connectivity index (χ1) is 25.7. The van der Waals surface area contributed by atoms with Crippen molar-refractivity contribution in [1.29, 1.82) is 0 Å². The van der Waals surface area contributed by atoms with Crippen LogP contribution in [0.5, 0.6) is 0 Å². The van der Waals surface area contributed by atoms with Gasteiger partial charge in [-0.2, -0.15) is 0 Å². The number of hydrogen-bond acceptors (Lipinski definition) is 20. The third-order valence-electron chi connectivity index (χ3n) is 11.3. The van der Waals surface area contributed by atoms with Crippen LogP contribution in [0.15, 0.2) is 0 Å². The molecule has 318 valence electrons. The van der Waals surface area contributed by atoms with Crippen LogP contribution in [0.3, 0.4) is 0 Å². The average molecular weight is 783 g/mol. The van der Waals surface area contributed by atoms with Crippen LogP contribution in [0.4, 0.5) is 0 Å². The Kier molecular flexibility index (Phi) is 18.5. The van der Waals surface area contributed by atoms with Crippen LogP contribution in [0.1, 0.15) is 64.2 Å². The minimum Gasteiger partial charge on any atom is -0.389 e. The van der Waals surface area contributed by atoms with Crippen LogP contribution < -0.4 is 45.9 Å². The molecule has 20 atom stereocenters. The number of aliphatic hydroxyl groups excluding tert-OH is 6. The minimum atomic E-state index is -1.32. The fraction of sp³-hybridized carbons (Fsp3) is 1.00. The van der Waals surface area contributed by atoms with E-state index in [0.717, 1.165) is 51.4 Å². The Balaban J connectivity index is 1.13. The Morgan fingerprint density at radius 1 is 0.426 bits per heavy atom. The summed E-state index contributed by atoms with van der Waals surface area (Å²) in [6.45, 7) is 0.592. The van der Waals surface area contributed by atoms with Crippen molar-refractivity contribution < 1.29 is 59.1 Å². The smallest absolute Gasteiger partial charge is 0.176 e. The molecule has 0 amide bonds. The molecule has 0 spiro atoms. The van der Waals surface area contributed by atoms with Gasteiger partial charge >= 0.3 is 0 Å². The number of unbranched alkanes of at least 4 members (excludes halogenated alkanes) is 7. The fourth-order valence-electron chi connectivity index (χ4n) is 7.84. The maximum Gasteiger partial charge on any atom is 0.176 e. The van der Waals surface area contributed by atoms with Crippen LogP contribution in [0, 0.1) is 0 Å². The Morgan fingerprint density at radius 2 is 0.759 bits per heavy atom. The largest absolute Gasteiger partial charge is 0.389 e. The third kappa shape index (κ3) is 11.4. The standard InChI is InChI=1S/C34H70N8O12/c35-13-19-25(45)27(47)21(41)33(51-19)53-29-17(39)11-15(37)23(43)31(29)49-9-7-5-3-1-2-4-6-8-10-50-32-24(44)16(38)12-18(40)30(32)54-34-22(42)28(48)26(46)20(14-36)52-34/h15-34,43-48H,1-14,35-42H2/t15-,16-,17+,18+,19-,20-,21-,22-,23+,24+,25-,26-,27-,28-,29-,30-,31-,32-,33-,34-/m1/s1. The Bertz CT molecular complexity index is 998. The Morgan fingerprint density at radius 3 is 1.09 bits per heavy atom. The predicted octanol–water partition coefficient (Wildman–Crippen LogP) is -6.05. The molecule has 2 aliphatic carbocycles. The molecule has 0 bridgehead atoms. The quantitative estimate of drug-likeness (QED) is 0.0542. The van der Waals surface area contributed by atoms with Crippen molar-refractivity contribution in [1.82, 2.24) is 0 Å². The molecule has 2 aliphatic heterocycles. The van der Waals surface area contributed by atoms with Gasteiger partial charge in [0.25, 0.3) is 0 Å². The maximum atomic E-state index is 10.9. The van der Waals surface area contributed by atoms with E-state index in [1.807, 2.05) is 0 Å². The van der Waals surface area contributed by atoms with Gasteiger partial charge in [-0.1, -0.05) is 38.5 Å². The molecular formula is C34H70N8O12. The number of ether oxygens (including phenoxy) is 6. The summed E-state index contributed by atoms with van der Waals surface area (Å²) in [6, 6.07) is -4.51. The second kappa shape index (κ2) is 21.8. The van der Waals surface area contributed by atoms with Gasteiger partial charge in [-0.15, -0.1) is 0 Å². The lowest BCUT2D eigenvalue weighted by Gasteiger charge is -2.46. The van der Waals surface area contributed by atoms with Gasteiger partial charge in [-0.05, 0) is 25.7 Å². The van der Waals surface area contributed by atoms with Crippen molar-refractivity contribution in [3.63, 3.8) is 0 Å². The summed E-state index contributed by atoms with van der Waals surface area (Å²) in [7, 11) is 0. The molecule has 4 fully saturated rings. The van der Waals surface area contributed by atoms with Crippen LogP contribution in [-0.2, 0) is 28.4 Å². The molecule has 0 aromatic heterocycles. The van der Waals surface area contributed by atoms with Gasteiger partial charge in [0.05, 0.1) is 24.3 Å². The van der Waals surface area contributed by atoms with E-state index < -0.39 is 122 Å². The van der Waals surface area contributed by atoms with E-state index in [0.29, 0.717) is 13.2 Å². The SMILES string of the molecule is NC[C@H]1O[C@H](O[C@H]2[C@H](OCCCCCCCCCCO[C@@H]3[C@@H](O)[C@H](N)C[C@H](N)[C@H]3O[C@H]3O[C@H](CN)[C@@H](O)[C@H](O)[C@H]3N)[C@@H](O)[C@H](N)C[C@@H]2N)[C@H](N)[C@@H](O)[C@@H]1O. The second-order valence-electron chi connectivity index (χ2n) is 15.5. The average Bonchev–Trinajstić information content (AvgIpc) is 3.14. The molecule has 4 rings (SSSR count). The summed E-state index contributed by atoms with van der Waals surface area (Å²) in [5.74, 6) is 0. The molecule has 2 heterocycles. The van der Waals surface area contributed by atoms with Gasteiger partial charge in [0, 0.05) is 50.5 Å². The van der Waals surface area contributed by atoms with Crippen molar-refractivity contribution in [3.8, 4) is 0 Å². The zero-order chi connectivity index (χ0) is 39.7. The fourth-order valence-corrected chi connectivity index (χ4v) is 7.84. The van der Waals surface area contributed by atoms with Gasteiger partial charge in [-0.3, -0.25) is 0 Å². The summed E-state index contributed by atoms with van der Waals surface area (Å²) in [5, 5.41) is 62.9. The topological polar surface area (TPSA) is 385 Å². The lowest BCUT2D eigenvalue weighted by Crippen LogP contribution is -2.67. The maximum absolute atomic E-state index is 10.9. The summed E-state index contributed by atoms with van der Waals surface area (Å²) in [4.78, 5) is 0. The van der Waals surface area contributed by atoms with Crippen molar-refractivity contribution in [2.45, 2.75) is 186 Å². The molecular weight excluding hydrogens is 712 g/mol. The first kappa shape index (κ1) is 45.9.